The smallest absolute Gasteiger partial charge is 0.0243 e. The largest absolute Gasteiger partial charge is 0.312 e. The topological polar surface area (TPSA) is 15.3 Å². The molecule has 0 aromatic carbocycles. The average molecular weight is 244 g/mol. The van der Waals surface area contributed by atoms with Crippen molar-refractivity contribution in [1.29, 1.82) is 0 Å². The summed E-state index contributed by atoms with van der Waals surface area (Å²) < 4.78 is 0. The Morgan fingerprint density at radius 1 is 1.31 bits per heavy atom. The number of hydrogen-bond donors (Lipinski definition) is 1. The molecule has 0 aliphatic heterocycles. The molecule has 0 aromatic heterocycles. The molecule has 96 valence electrons. The van der Waals surface area contributed by atoms with Gasteiger partial charge in [0.25, 0.3) is 0 Å². The minimum Gasteiger partial charge on any atom is -0.312 e. The molecule has 0 amide bonds. The Bertz CT molecular complexity index is 192. The molecule has 1 N–H and O–H groups in total. The molecule has 0 radical (unpaired) electrons. The summed E-state index contributed by atoms with van der Waals surface area (Å²) in [5.74, 6) is 1.95. The molecule has 0 spiro atoms. The summed E-state index contributed by atoms with van der Waals surface area (Å²) in [5, 5.41) is 3.67. The summed E-state index contributed by atoms with van der Waals surface area (Å²) in [7, 11) is 2.28. The lowest BCUT2D eigenvalue weighted by atomic mass is 10.0. The maximum Gasteiger partial charge on any atom is 0.0243 e. The fourth-order valence-electron chi connectivity index (χ4n) is 2.11. The molecule has 16 heavy (non-hydrogen) atoms. The molecule has 2 unspecified atom stereocenters. The Labute approximate surface area is 106 Å². The average Bonchev–Trinajstić information content (AvgIpc) is 3.01. The van der Waals surface area contributed by atoms with Gasteiger partial charge in [-0.15, -0.1) is 0 Å². The summed E-state index contributed by atoms with van der Waals surface area (Å²) in [4.78, 5) is 2.55. The lowest BCUT2D eigenvalue weighted by Crippen LogP contribution is -2.48. The van der Waals surface area contributed by atoms with Crippen molar-refractivity contribution in [3.63, 3.8) is 0 Å². The maximum absolute atomic E-state index is 3.67. The van der Waals surface area contributed by atoms with E-state index in [-0.39, 0.29) is 0 Å². The van der Waals surface area contributed by atoms with Crippen LogP contribution in [0.1, 0.15) is 33.6 Å². The second kappa shape index (κ2) is 6.87. The summed E-state index contributed by atoms with van der Waals surface area (Å²) in [6.07, 6.45) is 4.96. The highest BCUT2D eigenvalue weighted by molar-refractivity contribution is 7.98. The Morgan fingerprint density at radius 2 is 1.94 bits per heavy atom. The first-order valence-electron chi connectivity index (χ1n) is 6.50. The van der Waals surface area contributed by atoms with Gasteiger partial charge in [-0.1, -0.05) is 13.8 Å². The van der Waals surface area contributed by atoms with Crippen LogP contribution in [0.25, 0.3) is 0 Å². The molecule has 1 aliphatic rings. The van der Waals surface area contributed by atoms with Gasteiger partial charge in [-0.2, -0.15) is 11.8 Å². The van der Waals surface area contributed by atoms with E-state index in [0.29, 0.717) is 12.1 Å². The van der Waals surface area contributed by atoms with Gasteiger partial charge >= 0.3 is 0 Å². The maximum atomic E-state index is 3.67. The van der Waals surface area contributed by atoms with Crippen molar-refractivity contribution in [3.05, 3.63) is 0 Å². The summed E-state index contributed by atoms with van der Waals surface area (Å²) in [6, 6.07) is 2.16. The van der Waals surface area contributed by atoms with Crippen LogP contribution in [0.4, 0.5) is 0 Å². The quantitative estimate of drug-likeness (QED) is 0.706. The molecule has 1 saturated carbocycles. The van der Waals surface area contributed by atoms with Gasteiger partial charge in [-0.05, 0) is 39.0 Å². The van der Waals surface area contributed by atoms with Crippen LogP contribution >= 0.6 is 11.8 Å². The van der Waals surface area contributed by atoms with Crippen LogP contribution in [0.3, 0.4) is 0 Å². The third kappa shape index (κ3) is 4.64. The van der Waals surface area contributed by atoms with Gasteiger partial charge in [0.15, 0.2) is 0 Å². The second-order valence-corrected chi connectivity index (χ2v) is 6.37. The minimum absolute atomic E-state index is 0.669. The van der Waals surface area contributed by atoms with E-state index < -0.39 is 0 Å². The molecule has 0 aromatic rings. The van der Waals surface area contributed by atoms with Crippen LogP contribution in [-0.4, -0.2) is 48.6 Å². The highest BCUT2D eigenvalue weighted by Crippen LogP contribution is 2.20. The van der Waals surface area contributed by atoms with E-state index in [4.69, 9.17) is 0 Å². The molecule has 0 bridgehead atoms. The zero-order valence-corrected chi connectivity index (χ0v) is 12.3. The van der Waals surface area contributed by atoms with Crippen LogP contribution in [0, 0.1) is 5.92 Å². The van der Waals surface area contributed by atoms with Gasteiger partial charge in [-0.3, -0.25) is 4.90 Å². The zero-order valence-electron chi connectivity index (χ0n) is 11.5. The SMILES string of the molecule is CSCC(C)N(C)C(CNC1CC1)C(C)C. The lowest BCUT2D eigenvalue weighted by molar-refractivity contribution is 0.152. The van der Waals surface area contributed by atoms with Crippen LogP contribution < -0.4 is 5.32 Å². The van der Waals surface area contributed by atoms with Crippen molar-refractivity contribution in [2.45, 2.75) is 51.7 Å². The Morgan fingerprint density at radius 3 is 2.38 bits per heavy atom. The minimum atomic E-state index is 0.669. The number of thioether (sulfide) groups is 1. The van der Waals surface area contributed by atoms with E-state index in [1.54, 1.807) is 0 Å². The molecule has 1 aliphatic carbocycles. The predicted molar refractivity (Wildman–Crippen MR) is 75.3 cm³/mol. The van der Waals surface area contributed by atoms with Crippen molar-refractivity contribution in [3.8, 4) is 0 Å². The Balaban J connectivity index is 2.39. The third-order valence-corrected chi connectivity index (χ3v) is 4.40. The van der Waals surface area contributed by atoms with Crippen LogP contribution in [0.15, 0.2) is 0 Å². The number of rotatable bonds is 8. The number of nitrogens with one attached hydrogen (secondary N) is 1. The second-order valence-electron chi connectivity index (χ2n) is 5.46. The van der Waals surface area contributed by atoms with E-state index in [1.807, 2.05) is 11.8 Å². The molecular weight excluding hydrogens is 216 g/mol. The first kappa shape index (κ1) is 14.3. The highest BCUT2D eigenvalue weighted by atomic mass is 32.2. The van der Waals surface area contributed by atoms with E-state index in [2.05, 4.69) is 44.3 Å². The number of nitrogens with zero attached hydrogens (tertiary/aromatic N) is 1. The summed E-state index contributed by atoms with van der Waals surface area (Å²) >= 11 is 1.94. The van der Waals surface area contributed by atoms with Crippen molar-refractivity contribution >= 4 is 11.8 Å². The standard InChI is InChI=1S/C13H28N2S/c1-10(2)13(8-14-12-6-7-12)15(4)11(3)9-16-5/h10-14H,6-9H2,1-5H3. The van der Waals surface area contributed by atoms with E-state index in [0.717, 1.165) is 18.5 Å². The van der Waals surface area contributed by atoms with Crippen LogP contribution in [-0.2, 0) is 0 Å². The van der Waals surface area contributed by atoms with Gasteiger partial charge in [-0.25, -0.2) is 0 Å². The van der Waals surface area contributed by atoms with Crippen molar-refractivity contribution in [2.75, 3.05) is 25.6 Å². The van der Waals surface area contributed by atoms with Crippen molar-refractivity contribution < 1.29 is 0 Å². The van der Waals surface area contributed by atoms with Gasteiger partial charge in [0.1, 0.15) is 0 Å². The Hall–Kier alpha value is 0.270. The molecule has 0 heterocycles. The number of hydrogen-bond acceptors (Lipinski definition) is 3. The molecule has 3 heteroatoms. The highest BCUT2D eigenvalue weighted by Gasteiger charge is 2.26. The fourth-order valence-corrected chi connectivity index (χ4v) is 2.83. The first-order chi connectivity index (χ1) is 7.56. The third-order valence-electron chi connectivity index (χ3n) is 3.59. The van der Waals surface area contributed by atoms with Gasteiger partial charge in [0.2, 0.25) is 0 Å². The van der Waals surface area contributed by atoms with E-state index in [1.165, 1.54) is 18.6 Å². The van der Waals surface area contributed by atoms with Gasteiger partial charge in [0.05, 0.1) is 0 Å². The molecule has 2 nitrogen and oxygen atoms in total. The van der Waals surface area contributed by atoms with E-state index >= 15 is 0 Å². The zero-order chi connectivity index (χ0) is 12.1. The molecule has 2 atom stereocenters. The monoisotopic (exact) mass is 244 g/mol. The lowest BCUT2D eigenvalue weighted by Gasteiger charge is -2.36. The fraction of sp³-hybridized carbons (Fsp3) is 1.00. The normalized spacial score (nSPS) is 20.4. The summed E-state index contributed by atoms with van der Waals surface area (Å²) in [6.45, 7) is 8.16. The van der Waals surface area contributed by atoms with E-state index in [9.17, 15) is 0 Å². The predicted octanol–water partition coefficient (Wildman–Crippen LogP) is 2.45. The summed E-state index contributed by atoms with van der Waals surface area (Å²) in [5.41, 5.74) is 0. The van der Waals surface area contributed by atoms with Crippen LogP contribution in [0.2, 0.25) is 0 Å². The van der Waals surface area contributed by atoms with Crippen LogP contribution in [0.5, 0.6) is 0 Å². The van der Waals surface area contributed by atoms with Crippen molar-refractivity contribution in [2.24, 2.45) is 5.92 Å². The Kier molecular flexibility index (Phi) is 6.16. The van der Waals surface area contributed by atoms with Gasteiger partial charge in [0, 0.05) is 30.4 Å². The molecular formula is C13H28N2S. The molecule has 0 saturated heterocycles. The molecule has 1 rings (SSSR count). The van der Waals surface area contributed by atoms with Crippen molar-refractivity contribution in [1.82, 2.24) is 10.2 Å². The molecule has 1 fully saturated rings. The van der Waals surface area contributed by atoms with Gasteiger partial charge < -0.3 is 5.32 Å². The first-order valence-corrected chi connectivity index (χ1v) is 7.89. The number of likely N-dealkylation sites (N-methyl/N-ethyl adjacent to an activating group) is 1.